The van der Waals surface area contributed by atoms with Crippen molar-refractivity contribution in [3.8, 4) is 0 Å². The van der Waals surface area contributed by atoms with Crippen LogP contribution in [0.1, 0.15) is 5.56 Å². The van der Waals surface area contributed by atoms with E-state index in [2.05, 4.69) is 15.4 Å². The summed E-state index contributed by atoms with van der Waals surface area (Å²) in [6.45, 7) is 1.69. The maximum absolute atomic E-state index is 12.9. The van der Waals surface area contributed by atoms with Crippen LogP contribution in [0.4, 0.5) is 21.9 Å². The molecule has 0 aliphatic carbocycles. The van der Waals surface area contributed by atoms with Crippen LogP contribution in [0.25, 0.3) is 10.8 Å². The largest absolute Gasteiger partial charge is 0.323 e. The zero-order chi connectivity index (χ0) is 22.7. The summed E-state index contributed by atoms with van der Waals surface area (Å²) in [5.41, 5.74) is 1.92. The number of hydrogen-bond acceptors (Lipinski definition) is 3. The fraction of sp³-hybridized carbons (Fsp3) is 0.0417. The van der Waals surface area contributed by atoms with Gasteiger partial charge >= 0.3 is 6.03 Å². The lowest BCUT2D eigenvalue weighted by atomic mass is 10.1. The number of anilines is 3. The molecule has 4 aromatic rings. The smallest absolute Gasteiger partial charge is 0.308 e. The van der Waals surface area contributed by atoms with Crippen LogP contribution in [0.2, 0.25) is 5.02 Å². The van der Waals surface area contributed by atoms with Gasteiger partial charge < -0.3 is 10.6 Å². The standard InChI is InChI=1S/C24H20ClN3O3S/c1-16-6-10-22(15-23(16)32(30,31)28-20-12-8-19(25)9-13-20)27-24(29)26-21-11-7-17-4-2-3-5-18(17)14-21/h2-15,28H,1H3,(H2,26,27,29). The van der Waals surface area contributed by atoms with E-state index in [0.29, 0.717) is 27.6 Å². The first-order valence-electron chi connectivity index (χ1n) is 9.76. The van der Waals surface area contributed by atoms with Crippen LogP contribution in [-0.4, -0.2) is 14.4 Å². The summed E-state index contributed by atoms with van der Waals surface area (Å²) < 4.78 is 28.3. The first-order valence-corrected chi connectivity index (χ1v) is 11.6. The minimum absolute atomic E-state index is 0.0657. The Morgan fingerprint density at radius 2 is 1.34 bits per heavy atom. The van der Waals surface area contributed by atoms with Gasteiger partial charge in [-0.25, -0.2) is 13.2 Å². The second kappa shape index (κ2) is 8.90. The molecule has 0 fully saturated rings. The third kappa shape index (κ3) is 5.01. The molecule has 0 aromatic heterocycles. The molecule has 8 heteroatoms. The lowest BCUT2D eigenvalue weighted by Gasteiger charge is -2.13. The average Bonchev–Trinajstić information content (AvgIpc) is 2.76. The van der Waals surface area contributed by atoms with E-state index in [0.717, 1.165) is 10.8 Å². The lowest BCUT2D eigenvalue weighted by molar-refractivity contribution is 0.262. The minimum Gasteiger partial charge on any atom is -0.308 e. The number of urea groups is 1. The third-order valence-electron chi connectivity index (χ3n) is 4.84. The molecular formula is C24H20ClN3O3S. The van der Waals surface area contributed by atoms with Gasteiger partial charge in [0.2, 0.25) is 0 Å². The number of halogens is 1. The number of fused-ring (bicyclic) bond motifs is 1. The van der Waals surface area contributed by atoms with Gasteiger partial charge in [-0.15, -0.1) is 0 Å². The predicted octanol–water partition coefficient (Wildman–Crippen LogP) is 6.25. The lowest BCUT2D eigenvalue weighted by Crippen LogP contribution is -2.20. The van der Waals surface area contributed by atoms with Gasteiger partial charge in [0, 0.05) is 22.1 Å². The first-order chi connectivity index (χ1) is 15.3. The van der Waals surface area contributed by atoms with Gasteiger partial charge in [0.05, 0.1) is 4.90 Å². The highest BCUT2D eigenvalue weighted by atomic mass is 35.5. The summed E-state index contributed by atoms with van der Waals surface area (Å²) in [4.78, 5) is 12.6. The molecule has 0 saturated carbocycles. The summed E-state index contributed by atoms with van der Waals surface area (Å²) in [5, 5.41) is 8.04. The van der Waals surface area contributed by atoms with Gasteiger partial charge in [0.25, 0.3) is 10.0 Å². The van der Waals surface area contributed by atoms with E-state index in [1.165, 1.54) is 6.07 Å². The summed E-state index contributed by atoms with van der Waals surface area (Å²) in [5.74, 6) is 0. The van der Waals surface area contributed by atoms with Crippen molar-refractivity contribution < 1.29 is 13.2 Å². The molecule has 0 spiro atoms. The second-order valence-electron chi connectivity index (χ2n) is 7.23. The highest BCUT2D eigenvalue weighted by Crippen LogP contribution is 2.24. The molecule has 0 saturated heterocycles. The van der Waals surface area contributed by atoms with Crippen LogP contribution in [0, 0.1) is 6.92 Å². The van der Waals surface area contributed by atoms with Crippen molar-refractivity contribution in [2.45, 2.75) is 11.8 Å². The molecule has 0 atom stereocenters. The van der Waals surface area contributed by atoms with E-state index in [-0.39, 0.29) is 4.90 Å². The number of rotatable bonds is 5. The number of sulfonamides is 1. The van der Waals surface area contributed by atoms with Crippen molar-refractivity contribution in [2.24, 2.45) is 0 Å². The summed E-state index contributed by atoms with van der Waals surface area (Å²) >= 11 is 5.86. The number of hydrogen-bond donors (Lipinski definition) is 3. The summed E-state index contributed by atoms with van der Waals surface area (Å²) in [6.07, 6.45) is 0. The monoisotopic (exact) mass is 465 g/mol. The van der Waals surface area contributed by atoms with Crippen LogP contribution < -0.4 is 15.4 Å². The van der Waals surface area contributed by atoms with Gasteiger partial charge in [0.1, 0.15) is 0 Å². The minimum atomic E-state index is -3.86. The van der Waals surface area contributed by atoms with Crippen molar-refractivity contribution in [3.63, 3.8) is 0 Å². The fourth-order valence-electron chi connectivity index (χ4n) is 3.26. The highest BCUT2D eigenvalue weighted by molar-refractivity contribution is 7.92. The Balaban J connectivity index is 1.51. The van der Waals surface area contributed by atoms with Crippen LogP contribution in [0.3, 0.4) is 0 Å². The molecule has 4 aromatic carbocycles. The fourth-order valence-corrected chi connectivity index (χ4v) is 4.71. The van der Waals surface area contributed by atoms with E-state index >= 15 is 0 Å². The number of nitrogens with one attached hydrogen (secondary N) is 3. The molecule has 2 amide bonds. The Kier molecular flexibility index (Phi) is 6.03. The van der Waals surface area contributed by atoms with Crippen molar-refractivity contribution in [1.29, 1.82) is 0 Å². The molecule has 0 aliphatic rings. The third-order valence-corrected chi connectivity index (χ3v) is 6.61. The van der Waals surface area contributed by atoms with E-state index in [1.54, 1.807) is 43.3 Å². The number of benzene rings is 4. The van der Waals surface area contributed by atoms with Crippen molar-refractivity contribution >= 4 is 55.5 Å². The Bertz CT molecular complexity index is 1400. The Labute approximate surface area is 191 Å². The maximum atomic E-state index is 12.9. The molecule has 32 heavy (non-hydrogen) atoms. The Hall–Kier alpha value is -3.55. The average molecular weight is 466 g/mol. The number of carbonyl (C=O) groups is 1. The topological polar surface area (TPSA) is 87.3 Å². The maximum Gasteiger partial charge on any atom is 0.323 e. The van der Waals surface area contributed by atoms with E-state index in [1.807, 2.05) is 42.5 Å². The zero-order valence-corrected chi connectivity index (χ0v) is 18.7. The van der Waals surface area contributed by atoms with Crippen molar-refractivity contribution in [3.05, 3.63) is 95.5 Å². The van der Waals surface area contributed by atoms with Crippen molar-refractivity contribution in [1.82, 2.24) is 0 Å². The first kappa shape index (κ1) is 21.7. The van der Waals surface area contributed by atoms with E-state index in [4.69, 9.17) is 11.6 Å². The normalized spacial score (nSPS) is 11.2. The van der Waals surface area contributed by atoms with E-state index < -0.39 is 16.1 Å². The quantitative estimate of drug-likeness (QED) is 0.325. The molecule has 4 rings (SSSR count). The number of aryl methyl sites for hydroxylation is 1. The molecule has 0 radical (unpaired) electrons. The molecule has 0 bridgehead atoms. The van der Waals surface area contributed by atoms with Gasteiger partial charge in [-0.1, -0.05) is 48.0 Å². The molecule has 162 valence electrons. The number of amides is 2. The highest BCUT2D eigenvalue weighted by Gasteiger charge is 2.18. The summed E-state index contributed by atoms with van der Waals surface area (Å²) in [7, 11) is -3.86. The second-order valence-corrected chi connectivity index (χ2v) is 9.32. The Morgan fingerprint density at radius 3 is 2.06 bits per heavy atom. The van der Waals surface area contributed by atoms with Crippen LogP contribution in [-0.2, 0) is 10.0 Å². The van der Waals surface area contributed by atoms with Crippen LogP contribution in [0.15, 0.2) is 89.8 Å². The van der Waals surface area contributed by atoms with Gasteiger partial charge in [-0.05, 0) is 71.8 Å². The van der Waals surface area contributed by atoms with Gasteiger partial charge in [-0.2, -0.15) is 0 Å². The SMILES string of the molecule is Cc1ccc(NC(=O)Nc2ccc3ccccc3c2)cc1S(=O)(=O)Nc1ccc(Cl)cc1. The molecular weight excluding hydrogens is 446 g/mol. The predicted molar refractivity (Wildman–Crippen MR) is 130 cm³/mol. The summed E-state index contributed by atoms with van der Waals surface area (Å²) in [6, 6.07) is 24.0. The molecule has 0 heterocycles. The molecule has 6 nitrogen and oxygen atoms in total. The number of carbonyl (C=O) groups excluding carboxylic acids is 1. The van der Waals surface area contributed by atoms with Crippen LogP contribution >= 0.6 is 11.6 Å². The zero-order valence-electron chi connectivity index (χ0n) is 17.1. The Morgan fingerprint density at radius 1 is 0.750 bits per heavy atom. The van der Waals surface area contributed by atoms with Crippen LogP contribution in [0.5, 0.6) is 0 Å². The molecule has 3 N–H and O–H groups in total. The van der Waals surface area contributed by atoms with Gasteiger partial charge in [-0.3, -0.25) is 4.72 Å². The molecule has 0 aliphatic heterocycles. The van der Waals surface area contributed by atoms with Crippen molar-refractivity contribution in [2.75, 3.05) is 15.4 Å². The van der Waals surface area contributed by atoms with E-state index in [9.17, 15) is 13.2 Å². The van der Waals surface area contributed by atoms with Gasteiger partial charge in [0.15, 0.2) is 0 Å². The molecule has 0 unspecified atom stereocenters.